The molecular formula is C20H28N2O3. The Labute approximate surface area is 149 Å². The second-order valence-corrected chi connectivity index (χ2v) is 6.88. The highest BCUT2D eigenvalue weighted by molar-refractivity contribution is 5.84. The summed E-state index contributed by atoms with van der Waals surface area (Å²) in [4.78, 5) is 29.4. The SMILES string of the molecule is CCC(C(=O)N1CCCN(C(=O)C2CCCO2)CC1)c1ccccc1. The smallest absolute Gasteiger partial charge is 0.251 e. The number of rotatable bonds is 4. The van der Waals surface area contributed by atoms with Crippen molar-refractivity contribution in [3.8, 4) is 0 Å². The molecule has 2 saturated heterocycles. The second kappa shape index (κ2) is 8.48. The number of nitrogens with zero attached hydrogens (tertiary/aromatic N) is 2. The molecule has 0 N–H and O–H groups in total. The number of hydrogen-bond acceptors (Lipinski definition) is 3. The van der Waals surface area contributed by atoms with Crippen LogP contribution in [0.3, 0.4) is 0 Å². The summed E-state index contributed by atoms with van der Waals surface area (Å²) in [6.07, 6.45) is 3.14. The molecule has 5 nitrogen and oxygen atoms in total. The zero-order chi connectivity index (χ0) is 17.6. The molecule has 2 heterocycles. The van der Waals surface area contributed by atoms with E-state index in [1.165, 1.54) is 0 Å². The van der Waals surface area contributed by atoms with E-state index in [0.717, 1.165) is 37.8 Å². The minimum absolute atomic E-state index is 0.0957. The fourth-order valence-corrected chi connectivity index (χ4v) is 3.79. The van der Waals surface area contributed by atoms with Gasteiger partial charge in [-0.25, -0.2) is 0 Å². The molecule has 2 unspecified atom stereocenters. The van der Waals surface area contributed by atoms with Gasteiger partial charge in [0, 0.05) is 32.8 Å². The van der Waals surface area contributed by atoms with Crippen LogP contribution in [-0.4, -0.2) is 60.5 Å². The van der Waals surface area contributed by atoms with Gasteiger partial charge in [0.25, 0.3) is 5.91 Å². The predicted molar refractivity (Wildman–Crippen MR) is 96.2 cm³/mol. The molecule has 0 aromatic heterocycles. The summed E-state index contributed by atoms with van der Waals surface area (Å²) in [5, 5.41) is 0. The summed E-state index contributed by atoms with van der Waals surface area (Å²) in [5.74, 6) is 0.184. The van der Waals surface area contributed by atoms with Gasteiger partial charge in [0.05, 0.1) is 5.92 Å². The van der Waals surface area contributed by atoms with Crippen LogP contribution in [0.2, 0.25) is 0 Å². The molecule has 2 fully saturated rings. The first-order valence-corrected chi connectivity index (χ1v) is 9.45. The van der Waals surface area contributed by atoms with Crippen LogP contribution >= 0.6 is 0 Å². The highest BCUT2D eigenvalue weighted by Crippen LogP contribution is 2.23. The first kappa shape index (κ1) is 17.9. The molecule has 2 aliphatic rings. The van der Waals surface area contributed by atoms with E-state index in [2.05, 4.69) is 6.92 Å². The third-order valence-corrected chi connectivity index (χ3v) is 5.23. The van der Waals surface area contributed by atoms with Crippen molar-refractivity contribution in [2.24, 2.45) is 0 Å². The van der Waals surface area contributed by atoms with Gasteiger partial charge in [0.15, 0.2) is 0 Å². The number of benzene rings is 1. The topological polar surface area (TPSA) is 49.9 Å². The zero-order valence-corrected chi connectivity index (χ0v) is 15.0. The summed E-state index contributed by atoms with van der Waals surface area (Å²) in [5.41, 5.74) is 1.08. The van der Waals surface area contributed by atoms with Gasteiger partial charge >= 0.3 is 0 Å². The third kappa shape index (κ3) is 4.21. The van der Waals surface area contributed by atoms with Gasteiger partial charge in [-0.3, -0.25) is 9.59 Å². The van der Waals surface area contributed by atoms with Crippen LogP contribution in [0, 0.1) is 0 Å². The number of carbonyl (C=O) groups excluding carboxylic acids is 2. The molecule has 0 saturated carbocycles. The van der Waals surface area contributed by atoms with Crippen molar-refractivity contribution in [2.45, 2.75) is 44.6 Å². The molecule has 1 aromatic rings. The number of carbonyl (C=O) groups is 2. The lowest BCUT2D eigenvalue weighted by molar-refractivity contribution is -0.141. The van der Waals surface area contributed by atoms with Crippen LogP contribution in [0.5, 0.6) is 0 Å². The minimum atomic E-state index is -0.269. The van der Waals surface area contributed by atoms with Crippen molar-refractivity contribution in [1.82, 2.24) is 9.80 Å². The summed E-state index contributed by atoms with van der Waals surface area (Å²) < 4.78 is 5.52. The maximum Gasteiger partial charge on any atom is 0.251 e. The van der Waals surface area contributed by atoms with Crippen LogP contribution < -0.4 is 0 Å². The summed E-state index contributed by atoms with van der Waals surface area (Å²) in [6.45, 7) is 5.39. The Kier molecular flexibility index (Phi) is 6.08. The fraction of sp³-hybridized carbons (Fsp3) is 0.600. The van der Waals surface area contributed by atoms with Crippen LogP contribution in [-0.2, 0) is 14.3 Å². The Bertz CT molecular complexity index is 584. The zero-order valence-electron chi connectivity index (χ0n) is 15.0. The molecule has 0 aliphatic carbocycles. The van der Waals surface area contributed by atoms with E-state index >= 15 is 0 Å². The Morgan fingerprint density at radius 2 is 1.80 bits per heavy atom. The van der Waals surface area contributed by atoms with Gasteiger partial charge < -0.3 is 14.5 Å². The van der Waals surface area contributed by atoms with Crippen molar-refractivity contribution < 1.29 is 14.3 Å². The highest BCUT2D eigenvalue weighted by atomic mass is 16.5. The van der Waals surface area contributed by atoms with E-state index in [9.17, 15) is 9.59 Å². The van der Waals surface area contributed by atoms with E-state index in [1.807, 2.05) is 40.1 Å². The van der Waals surface area contributed by atoms with Gasteiger partial charge in [-0.1, -0.05) is 37.3 Å². The minimum Gasteiger partial charge on any atom is -0.368 e. The Morgan fingerprint density at radius 3 is 2.48 bits per heavy atom. The molecule has 5 heteroatoms. The average Bonchev–Trinajstić information content (AvgIpc) is 3.07. The van der Waals surface area contributed by atoms with Crippen LogP contribution in [0.25, 0.3) is 0 Å². The van der Waals surface area contributed by atoms with E-state index in [0.29, 0.717) is 26.2 Å². The Hall–Kier alpha value is -1.88. The molecule has 25 heavy (non-hydrogen) atoms. The standard InChI is InChI=1S/C20H28N2O3/c1-2-17(16-8-4-3-5-9-16)19(23)21-11-7-12-22(14-13-21)20(24)18-10-6-15-25-18/h3-5,8-9,17-18H,2,6-7,10-15H2,1H3. The maximum absolute atomic E-state index is 13.0. The Balaban J connectivity index is 1.61. The summed E-state index contributed by atoms with van der Waals surface area (Å²) in [6, 6.07) is 9.99. The van der Waals surface area contributed by atoms with E-state index < -0.39 is 0 Å². The predicted octanol–water partition coefficient (Wildman–Crippen LogP) is 2.42. The number of hydrogen-bond donors (Lipinski definition) is 0. The van der Waals surface area contributed by atoms with Crippen molar-refractivity contribution in [3.63, 3.8) is 0 Å². The quantitative estimate of drug-likeness (QED) is 0.843. The van der Waals surface area contributed by atoms with Crippen molar-refractivity contribution in [3.05, 3.63) is 35.9 Å². The van der Waals surface area contributed by atoms with Crippen LogP contribution in [0.15, 0.2) is 30.3 Å². The van der Waals surface area contributed by atoms with Gasteiger partial charge in [0.1, 0.15) is 6.10 Å². The largest absolute Gasteiger partial charge is 0.368 e. The first-order valence-electron chi connectivity index (χ1n) is 9.45. The lowest BCUT2D eigenvalue weighted by Crippen LogP contribution is -2.42. The molecule has 2 amide bonds. The van der Waals surface area contributed by atoms with Crippen molar-refractivity contribution in [1.29, 1.82) is 0 Å². The fourth-order valence-electron chi connectivity index (χ4n) is 3.79. The number of ether oxygens (including phenoxy) is 1. The van der Waals surface area contributed by atoms with Gasteiger partial charge in [0.2, 0.25) is 5.91 Å². The molecule has 2 atom stereocenters. The average molecular weight is 344 g/mol. The molecule has 136 valence electrons. The van der Waals surface area contributed by atoms with Crippen molar-refractivity contribution >= 4 is 11.8 Å². The van der Waals surface area contributed by atoms with Crippen LogP contribution in [0.4, 0.5) is 0 Å². The van der Waals surface area contributed by atoms with E-state index in [1.54, 1.807) is 0 Å². The number of amides is 2. The lowest BCUT2D eigenvalue weighted by atomic mass is 9.95. The van der Waals surface area contributed by atoms with E-state index in [-0.39, 0.29) is 23.8 Å². The molecule has 0 radical (unpaired) electrons. The third-order valence-electron chi connectivity index (χ3n) is 5.23. The molecular weight excluding hydrogens is 316 g/mol. The maximum atomic E-state index is 13.0. The highest BCUT2D eigenvalue weighted by Gasteiger charge is 2.31. The lowest BCUT2D eigenvalue weighted by Gasteiger charge is -2.26. The van der Waals surface area contributed by atoms with Gasteiger partial charge in [-0.15, -0.1) is 0 Å². The van der Waals surface area contributed by atoms with Gasteiger partial charge in [-0.05, 0) is 31.2 Å². The van der Waals surface area contributed by atoms with Crippen LogP contribution in [0.1, 0.15) is 44.1 Å². The molecule has 2 aliphatic heterocycles. The molecule has 0 spiro atoms. The second-order valence-electron chi connectivity index (χ2n) is 6.88. The molecule has 3 rings (SSSR count). The summed E-state index contributed by atoms with van der Waals surface area (Å²) >= 11 is 0. The van der Waals surface area contributed by atoms with Gasteiger partial charge in [-0.2, -0.15) is 0 Å². The first-order chi connectivity index (χ1) is 12.2. The van der Waals surface area contributed by atoms with E-state index in [4.69, 9.17) is 4.74 Å². The van der Waals surface area contributed by atoms with Crippen molar-refractivity contribution in [2.75, 3.05) is 32.8 Å². The monoisotopic (exact) mass is 344 g/mol. The summed E-state index contributed by atoms with van der Waals surface area (Å²) in [7, 11) is 0. The molecule has 1 aromatic carbocycles. The molecule has 0 bridgehead atoms. The Morgan fingerprint density at radius 1 is 1.08 bits per heavy atom. The normalized spacial score (nSPS) is 22.5.